The zero-order valence-corrected chi connectivity index (χ0v) is 17.2. The summed E-state index contributed by atoms with van der Waals surface area (Å²) in [5.74, 6) is 1.85. The highest BCUT2D eigenvalue weighted by Gasteiger charge is 2.28. The summed E-state index contributed by atoms with van der Waals surface area (Å²) in [6, 6.07) is 13.6. The van der Waals surface area contributed by atoms with Crippen molar-refractivity contribution in [3.63, 3.8) is 0 Å². The van der Waals surface area contributed by atoms with Crippen LogP contribution in [-0.4, -0.2) is 40.0 Å². The molecule has 3 heterocycles. The van der Waals surface area contributed by atoms with Crippen molar-refractivity contribution < 1.29 is 13.9 Å². The summed E-state index contributed by atoms with van der Waals surface area (Å²) >= 11 is 0. The lowest BCUT2D eigenvalue weighted by Crippen LogP contribution is -2.39. The fourth-order valence-electron chi connectivity index (χ4n) is 4.25. The lowest BCUT2D eigenvalue weighted by atomic mass is 9.96. The minimum absolute atomic E-state index is 0.00252. The summed E-state index contributed by atoms with van der Waals surface area (Å²) < 4.78 is 11.5. The summed E-state index contributed by atoms with van der Waals surface area (Å²) in [7, 11) is 0. The normalized spacial score (nSPS) is 17.2. The van der Waals surface area contributed by atoms with Crippen molar-refractivity contribution in [2.45, 2.75) is 38.7 Å². The van der Waals surface area contributed by atoms with Gasteiger partial charge in [-0.2, -0.15) is 0 Å². The summed E-state index contributed by atoms with van der Waals surface area (Å²) in [5, 5.41) is 0.888. The minimum Gasteiger partial charge on any atom is -0.490 e. The molecule has 4 aromatic rings. The van der Waals surface area contributed by atoms with Crippen LogP contribution in [0.4, 0.5) is 0 Å². The van der Waals surface area contributed by atoms with Gasteiger partial charge in [-0.05, 0) is 57.0 Å². The van der Waals surface area contributed by atoms with Crippen LogP contribution >= 0.6 is 0 Å². The van der Waals surface area contributed by atoms with Crippen LogP contribution < -0.4 is 4.74 Å². The molecule has 1 atom stereocenters. The molecule has 2 aromatic heterocycles. The van der Waals surface area contributed by atoms with E-state index in [2.05, 4.69) is 4.98 Å². The van der Waals surface area contributed by atoms with Crippen LogP contribution in [0.3, 0.4) is 0 Å². The molecule has 1 aliphatic rings. The van der Waals surface area contributed by atoms with Gasteiger partial charge in [0.2, 0.25) is 0 Å². The number of benzene rings is 2. The number of hydrogen-bond acceptors (Lipinski definition) is 4. The highest BCUT2D eigenvalue weighted by molar-refractivity contribution is 5.99. The molecule has 0 aliphatic carbocycles. The van der Waals surface area contributed by atoms with Crippen molar-refractivity contribution in [3.05, 3.63) is 60.1 Å². The highest BCUT2D eigenvalue weighted by Crippen LogP contribution is 2.32. The molecular weight excluding hydrogens is 378 g/mol. The average Bonchev–Trinajstić information content (AvgIpc) is 3.40. The Labute approximate surface area is 174 Å². The summed E-state index contributed by atoms with van der Waals surface area (Å²) in [6.45, 7) is 5.34. The number of ether oxygens (including phenoxy) is 1. The van der Waals surface area contributed by atoms with Crippen LogP contribution in [0, 0.1) is 0 Å². The predicted molar refractivity (Wildman–Crippen MR) is 116 cm³/mol. The number of amides is 1. The van der Waals surface area contributed by atoms with Gasteiger partial charge in [-0.3, -0.25) is 4.79 Å². The maximum absolute atomic E-state index is 13.4. The van der Waals surface area contributed by atoms with Gasteiger partial charge in [0.25, 0.3) is 5.91 Å². The Morgan fingerprint density at radius 3 is 2.97 bits per heavy atom. The third kappa shape index (κ3) is 3.43. The number of H-pyrrole nitrogens is 1. The Morgan fingerprint density at radius 2 is 2.13 bits per heavy atom. The van der Waals surface area contributed by atoms with Crippen molar-refractivity contribution >= 4 is 27.9 Å². The molecule has 5 rings (SSSR count). The molecule has 0 spiro atoms. The molecule has 6 heteroatoms. The van der Waals surface area contributed by atoms with Gasteiger partial charge in [0.1, 0.15) is 17.2 Å². The molecule has 1 N–H and O–H groups in total. The Morgan fingerprint density at radius 1 is 1.27 bits per heavy atom. The number of carbonyl (C=O) groups excluding carboxylic acids is 1. The van der Waals surface area contributed by atoms with Gasteiger partial charge in [-0.15, -0.1) is 0 Å². The van der Waals surface area contributed by atoms with Gasteiger partial charge in [0.05, 0.1) is 28.8 Å². The molecule has 6 nitrogen and oxygen atoms in total. The summed E-state index contributed by atoms with van der Waals surface area (Å²) in [4.78, 5) is 23.5. The molecule has 0 saturated carbocycles. The van der Waals surface area contributed by atoms with Crippen molar-refractivity contribution in [1.29, 1.82) is 0 Å². The second-order valence-electron chi connectivity index (χ2n) is 8.20. The second kappa shape index (κ2) is 7.52. The number of carbonyl (C=O) groups is 1. The van der Waals surface area contributed by atoms with E-state index in [9.17, 15) is 4.79 Å². The third-order valence-corrected chi connectivity index (χ3v) is 5.65. The maximum Gasteiger partial charge on any atom is 0.254 e. The number of hydrogen-bond donors (Lipinski definition) is 1. The number of furan rings is 1. The topological polar surface area (TPSA) is 71.4 Å². The molecule has 154 valence electrons. The van der Waals surface area contributed by atoms with E-state index in [-0.39, 0.29) is 17.9 Å². The van der Waals surface area contributed by atoms with Crippen molar-refractivity contribution in [3.8, 4) is 5.75 Å². The fraction of sp³-hybridized carbons (Fsp3) is 0.333. The first-order valence-electron chi connectivity index (χ1n) is 10.5. The average molecular weight is 403 g/mol. The van der Waals surface area contributed by atoms with E-state index in [1.807, 2.05) is 61.2 Å². The largest absolute Gasteiger partial charge is 0.490 e. The van der Waals surface area contributed by atoms with Gasteiger partial charge in [-0.1, -0.05) is 12.1 Å². The Kier molecular flexibility index (Phi) is 4.69. The number of imidazole rings is 1. The van der Waals surface area contributed by atoms with Crippen molar-refractivity contribution in [2.75, 3.05) is 13.1 Å². The van der Waals surface area contributed by atoms with E-state index in [1.165, 1.54) is 0 Å². The van der Waals surface area contributed by atoms with Gasteiger partial charge < -0.3 is 19.0 Å². The smallest absolute Gasteiger partial charge is 0.254 e. The van der Waals surface area contributed by atoms with Crippen LogP contribution in [0.15, 0.2) is 53.1 Å². The molecule has 1 amide bonds. The lowest BCUT2D eigenvalue weighted by molar-refractivity contribution is 0.0704. The quantitative estimate of drug-likeness (QED) is 0.514. The Bertz CT molecular complexity index is 1170. The molecule has 30 heavy (non-hydrogen) atoms. The lowest BCUT2D eigenvalue weighted by Gasteiger charge is -2.32. The minimum atomic E-state index is 0.00252. The number of nitrogens with one attached hydrogen (secondary N) is 1. The monoisotopic (exact) mass is 403 g/mol. The standard InChI is InChI=1S/C24H25N3O3/c1-15(2)30-22-13-17(12-21-18(22)9-11-29-21)24(28)27-10-5-6-16(14-27)23-25-19-7-3-4-8-20(19)26-23/h3-4,7-9,11-13,15-16H,5-6,10,14H2,1-2H3,(H,25,26). The molecule has 1 unspecified atom stereocenters. The molecule has 1 aliphatic heterocycles. The first-order valence-corrected chi connectivity index (χ1v) is 10.5. The van der Waals surface area contributed by atoms with E-state index in [0.717, 1.165) is 41.6 Å². The van der Waals surface area contributed by atoms with Gasteiger partial charge in [0, 0.05) is 24.6 Å². The zero-order valence-electron chi connectivity index (χ0n) is 17.2. The van der Waals surface area contributed by atoms with E-state index >= 15 is 0 Å². The number of rotatable bonds is 4. The van der Waals surface area contributed by atoms with Crippen LogP contribution in [0.1, 0.15) is 48.8 Å². The first-order chi connectivity index (χ1) is 14.6. The number of aromatic amines is 1. The summed E-state index contributed by atoms with van der Waals surface area (Å²) in [5.41, 5.74) is 3.27. The fourth-order valence-corrected chi connectivity index (χ4v) is 4.25. The van der Waals surface area contributed by atoms with Crippen molar-refractivity contribution in [2.24, 2.45) is 0 Å². The van der Waals surface area contributed by atoms with E-state index in [1.54, 1.807) is 6.26 Å². The molecule has 1 fully saturated rings. The molecule has 1 saturated heterocycles. The number of para-hydroxylation sites is 2. The van der Waals surface area contributed by atoms with Crippen molar-refractivity contribution in [1.82, 2.24) is 14.9 Å². The van der Waals surface area contributed by atoms with Crippen LogP contribution in [0.5, 0.6) is 5.75 Å². The summed E-state index contributed by atoms with van der Waals surface area (Å²) in [6.07, 6.45) is 3.61. The number of piperidine rings is 1. The molecule has 0 radical (unpaired) electrons. The highest BCUT2D eigenvalue weighted by atomic mass is 16.5. The number of aromatic nitrogens is 2. The molecule has 0 bridgehead atoms. The van der Waals surface area contributed by atoms with Gasteiger partial charge >= 0.3 is 0 Å². The van der Waals surface area contributed by atoms with Gasteiger partial charge in [0.15, 0.2) is 0 Å². The number of fused-ring (bicyclic) bond motifs is 2. The zero-order chi connectivity index (χ0) is 20.7. The molecular formula is C24H25N3O3. The SMILES string of the molecule is CC(C)Oc1cc(C(=O)N2CCCC(c3nc4ccccc4[nH]3)C2)cc2occc12. The van der Waals surface area contributed by atoms with Crippen LogP contribution in [0.25, 0.3) is 22.0 Å². The van der Waals surface area contributed by atoms with Crippen LogP contribution in [-0.2, 0) is 0 Å². The van der Waals surface area contributed by atoms with Gasteiger partial charge in [-0.25, -0.2) is 4.98 Å². The number of likely N-dealkylation sites (tertiary alicyclic amines) is 1. The Hall–Kier alpha value is -3.28. The van der Waals surface area contributed by atoms with E-state index in [4.69, 9.17) is 14.1 Å². The second-order valence-corrected chi connectivity index (χ2v) is 8.20. The first kappa shape index (κ1) is 18.7. The number of nitrogens with zero attached hydrogens (tertiary/aromatic N) is 2. The maximum atomic E-state index is 13.4. The van der Waals surface area contributed by atoms with Crippen LogP contribution in [0.2, 0.25) is 0 Å². The van der Waals surface area contributed by atoms with E-state index < -0.39 is 0 Å². The van der Waals surface area contributed by atoms with E-state index in [0.29, 0.717) is 23.4 Å². The third-order valence-electron chi connectivity index (χ3n) is 5.65. The molecule has 2 aromatic carbocycles. The Balaban J connectivity index is 1.41. The predicted octanol–water partition coefficient (Wildman–Crippen LogP) is 5.12.